The summed E-state index contributed by atoms with van der Waals surface area (Å²) in [5, 5.41) is 3.42. The first-order valence-electron chi connectivity index (χ1n) is 13.8. The summed E-state index contributed by atoms with van der Waals surface area (Å²) in [6, 6.07) is 18.8. The number of pyridine rings is 1. The average molecular weight is 548 g/mol. The number of hydrogen-bond acceptors (Lipinski definition) is 5. The largest absolute Gasteiger partial charge is 0.497 e. The van der Waals surface area contributed by atoms with Crippen molar-refractivity contribution in [3.8, 4) is 5.75 Å². The molecule has 8 heteroatoms. The number of amides is 1. The minimum atomic E-state index is -3.51. The zero-order valence-corrected chi connectivity index (χ0v) is 23.2. The van der Waals surface area contributed by atoms with Gasteiger partial charge in [0, 0.05) is 36.8 Å². The second-order valence-corrected chi connectivity index (χ2v) is 12.5. The molecule has 0 unspecified atom stereocenters. The summed E-state index contributed by atoms with van der Waals surface area (Å²) in [5.74, 6) is 1.35. The molecule has 0 bridgehead atoms. The molecule has 0 spiro atoms. The molecule has 1 heterocycles. The fourth-order valence-electron chi connectivity index (χ4n) is 6.05. The van der Waals surface area contributed by atoms with Gasteiger partial charge in [-0.15, -0.1) is 0 Å². The summed E-state index contributed by atoms with van der Waals surface area (Å²) in [6.45, 7) is 0.404. The van der Waals surface area contributed by atoms with E-state index < -0.39 is 10.0 Å². The van der Waals surface area contributed by atoms with Gasteiger partial charge >= 0.3 is 0 Å². The molecule has 3 aromatic rings. The van der Waals surface area contributed by atoms with E-state index in [-0.39, 0.29) is 34.6 Å². The predicted octanol–water partition coefficient (Wildman–Crippen LogP) is 4.63. The van der Waals surface area contributed by atoms with Crippen LogP contribution >= 0.6 is 0 Å². The number of nitrogens with zero attached hydrogens (tertiary/aromatic N) is 1. The van der Waals surface area contributed by atoms with Crippen molar-refractivity contribution in [2.24, 2.45) is 11.8 Å². The molecule has 1 saturated carbocycles. The van der Waals surface area contributed by atoms with Crippen LogP contribution in [0.1, 0.15) is 54.7 Å². The number of hydrogen-bond donors (Lipinski definition) is 2. The first-order chi connectivity index (χ1) is 18.9. The monoisotopic (exact) mass is 547 g/mol. The number of aromatic nitrogens is 1. The Hall–Kier alpha value is -3.23. The average Bonchev–Trinajstić information content (AvgIpc) is 2.98. The number of aryl methyl sites for hydroxylation is 1. The lowest BCUT2D eigenvalue weighted by molar-refractivity contribution is -0.127. The van der Waals surface area contributed by atoms with Crippen molar-refractivity contribution in [1.82, 2.24) is 15.0 Å². The number of benzene rings is 2. The highest BCUT2D eigenvalue weighted by Gasteiger charge is 2.34. The van der Waals surface area contributed by atoms with E-state index in [1.54, 1.807) is 43.6 Å². The zero-order chi connectivity index (χ0) is 27.2. The van der Waals surface area contributed by atoms with Gasteiger partial charge < -0.3 is 10.1 Å². The Bertz CT molecular complexity index is 1360. The van der Waals surface area contributed by atoms with Gasteiger partial charge in [0.2, 0.25) is 15.9 Å². The van der Waals surface area contributed by atoms with Crippen LogP contribution in [0.5, 0.6) is 5.75 Å². The molecule has 7 nitrogen and oxygen atoms in total. The number of carbonyl (C=O) groups is 1. The lowest BCUT2D eigenvalue weighted by Crippen LogP contribution is -2.46. The smallest absolute Gasteiger partial charge is 0.240 e. The number of methoxy groups -OCH3 is 1. The molecule has 2 aliphatic rings. The van der Waals surface area contributed by atoms with Gasteiger partial charge in [0.15, 0.2) is 0 Å². The van der Waals surface area contributed by atoms with Crippen LogP contribution in [0, 0.1) is 11.8 Å². The summed E-state index contributed by atoms with van der Waals surface area (Å²) in [7, 11) is -1.82. The molecule has 1 fully saturated rings. The maximum Gasteiger partial charge on any atom is 0.240 e. The summed E-state index contributed by atoms with van der Waals surface area (Å²) in [4.78, 5) is 18.0. The Labute approximate surface area is 231 Å². The van der Waals surface area contributed by atoms with Gasteiger partial charge in [-0.2, -0.15) is 0 Å². The van der Waals surface area contributed by atoms with Crippen molar-refractivity contribution < 1.29 is 17.9 Å². The first kappa shape index (κ1) is 27.3. The minimum absolute atomic E-state index is 0.0386. The molecule has 1 aromatic heterocycles. The molecule has 39 heavy (non-hydrogen) atoms. The van der Waals surface area contributed by atoms with E-state index in [1.165, 1.54) is 11.1 Å². The van der Waals surface area contributed by atoms with Crippen molar-refractivity contribution in [2.45, 2.75) is 61.8 Å². The third-order valence-electron chi connectivity index (χ3n) is 8.30. The molecule has 0 aliphatic heterocycles. The fraction of sp³-hybridized carbons (Fsp3) is 0.419. The fourth-order valence-corrected chi connectivity index (χ4v) is 7.19. The summed E-state index contributed by atoms with van der Waals surface area (Å²) in [6.07, 6.45) is 9.50. The topological polar surface area (TPSA) is 97.4 Å². The Morgan fingerprint density at radius 2 is 1.79 bits per heavy atom. The molecule has 206 valence electrons. The molecular formula is C31H37N3O4S. The van der Waals surface area contributed by atoms with Crippen LogP contribution in [-0.2, 0) is 27.7 Å². The molecule has 0 radical (unpaired) electrons. The number of sulfonamides is 1. The van der Waals surface area contributed by atoms with E-state index in [9.17, 15) is 13.2 Å². The summed E-state index contributed by atoms with van der Waals surface area (Å²) >= 11 is 0. The SMILES string of the molecule is COc1ccc2c(c1)CC[C@@H](NC(=O)C1CCC(CNS(=O)(=O)c3ccccc3)CC1)[C@H]2Cc1cccnc1. The zero-order valence-electron chi connectivity index (χ0n) is 22.4. The summed E-state index contributed by atoms with van der Waals surface area (Å²) < 4.78 is 33.3. The second-order valence-electron chi connectivity index (χ2n) is 10.8. The van der Waals surface area contributed by atoms with Crippen LogP contribution < -0.4 is 14.8 Å². The number of carbonyl (C=O) groups excluding carboxylic acids is 1. The third-order valence-corrected chi connectivity index (χ3v) is 9.74. The lowest BCUT2D eigenvalue weighted by atomic mass is 9.75. The van der Waals surface area contributed by atoms with Gasteiger partial charge in [-0.25, -0.2) is 13.1 Å². The molecular weight excluding hydrogens is 510 g/mol. The van der Waals surface area contributed by atoms with Crippen LogP contribution in [-0.4, -0.2) is 39.0 Å². The quantitative estimate of drug-likeness (QED) is 0.407. The highest BCUT2D eigenvalue weighted by atomic mass is 32.2. The Balaban J connectivity index is 1.19. The lowest BCUT2D eigenvalue weighted by Gasteiger charge is -2.36. The van der Waals surface area contributed by atoms with E-state index >= 15 is 0 Å². The van der Waals surface area contributed by atoms with Gasteiger partial charge in [-0.1, -0.05) is 30.3 Å². The van der Waals surface area contributed by atoms with E-state index in [4.69, 9.17) is 4.74 Å². The van der Waals surface area contributed by atoms with Crippen molar-refractivity contribution in [1.29, 1.82) is 0 Å². The molecule has 2 N–H and O–H groups in total. The maximum atomic E-state index is 13.4. The van der Waals surface area contributed by atoms with Gasteiger partial charge in [-0.05, 0) is 97.9 Å². The Kier molecular flexibility index (Phi) is 8.63. The minimum Gasteiger partial charge on any atom is -0.497 e. The highest BCUT2D eigenvalue weighted by Crippen LogP contribution is 2.37. The van der Waals surface area contributed by atoms with Gasteiger partial charge in [0.05, 0.1) is 12.0 Å². The molecule has 5 rings (SSSR count). The van der Waals surface area contributed by atoms with Crippen LogP contribution in [0.3, 0.4) is 0 Å². The van der Waals surface area contributed by atoms with Crippen LogP contribution in [0.15, 0.2) is 78.0 Å². The molecule has 2 atom stereocenters. The Morgan fingerprint density at radius 3 is 2.51 bits per heavy atom. The van der Waals surface area contributed by atoms with E-state index in [2.05, 4.69) is 33.2 Å². The molecule has 2 aliphatic carbocycles. The van der Waals surface area contributed by atoms with Crippen molar-refractivity contribution in [3.63, 3.8) is 0 Å². The number of nitrogens with one attached hydrogen (secondary N) is 2. The second kappa shape index (κ2) is 12.3. The molecule has 0 saturated heterocycles. The third kappa shape index (κ3) is 6.68. The van der Waals surface area contributed by atoms with Gasteiger partial charge in [0.25, 0.3) is 0 Å². The van der Waals surface area contributed by atoms with Crippen LogP contribution in [0.2, 0.25) is 0 Å². The van der Waals surface area contributed by atoms with E-state index in [1.807, 2.05) is 18.3 Å². The van der Waals surface area contributed by atoms with Crippen LogP contribution in [0.25, 0.3) is 0 Å². The normalized spacial score (nSPS) is 23.0. The molecule has 1 amide bonds. The standard InChI is InChI=1S/C31H37N3O4S/c1-38-26-14-15-28-25(19-26)13-16-30(29(28)18-23-6-5-17-32-20-23)34-31(35)24-11-9-22(10-12-24)21-33-39(36,37)27-7-3-2-4-8-27/h2-8,14-15,17,19-20,22,24,29-30,33H,9-13,16,18,21H2,1H3,(H,34,35)/t22?,24?,29-,30+/m0/s1. The van der Waals surface area contributed by atoms with E-state index in [0.29, 0.717) is 6.54 Å². The molecule has 2 aromatic carbocycles. The number of fused-ring (bicyclic) bond motifs is 1. The van der Waals surface area contributed by atoms with E-state index in [0.717, 1.165) is 56.3 Å². The Morgan fingerprint density at radius 1 is 1.00 bits per heavy atom. The van der Waals surface area contributed by atoms with Gasteiger partial charge in [-0.3, -0.25) is 9.78 Å². The first-order valence-corrected chi connectivity index (χ1v) is 15.3. The van der Waals surface area contributed by atoms with Crippen molar-refractivity contribution in [3.05, 3.63) is 89.7 Å². The van der Waals surface area contributed by atoms with Crippen molar-refractivity contribution in [2.75, 3.05) is 13.7 Å². The highest BCUT2D eigenvalue weighted by molar-refractivity contribution is 7.89. The summed E-state index contributed by atoms with van der Waals surface area (Å²) in [5.41, 5.74) is 3.71. The predicted molar refractivity (Wildman–Crippen MR) is 151 cm³/mol. The number of rotatable bonds is 9. The number of ether oxygens (including phenoxy) is 1. The van der Waals surface area contributed by atoms with Gasteiger partial charge in [0.1, 0.15) is 5.75 Å². The maximum absolute atomic E-state index is 13.4. The van der Waals surface area contributed by atoms with Crippen LogP contribution in [0.4, 0.5) is 0 Å². The van der Waals surface area contributed by atoms with Crippen molar-refractivity contribution >= 4 is 15.9 Å².